The Balaban J connectivity index is 2.31. The van der Waals surface area contributed by atoms with Crippen molar-refractivity contribution in [3.63, 3.8) is 0 Å². The van der Waals surface area contributed by atoms with E-state index in [1.807, 2.05) is 38.1 Å². The summed E-state index contributed by atoms with van der Waals surface area (Å²) in [6, 6.07) is 7.22. The molecular formula is C16H26N2O4. The molecule has 22 heavy (non-hydrogen) atoms. The Kier molecular flexibility index (Phi) is 9.21. The fraction of sp³-hybridized carbons (Fsp3) is 0.562. The van der Waals surface area contributed by atoms with Gasteiger partial charge in [0.2, 0.25) is 0 Å². The molecule has 1 rings (SSSR count). The minimum Gasteiger partial charge on any atom is -0.396 e. The first kappa shape index (κ1) is 18.4. The topological polar surface area (TPSA) is 79.8 Å². The van der Waals surface area contributed by atoms with E-state index in [0.717, 1.165) is 5.56 Å². The first-order chi connectivity index (χ1) is 10.6. The van der Waals surface area contributed by atoms with E-state index in [1.165, 1.54) is 0 Å². The molecule has 0 unspecified atom stereocenters. The van der Waals surface area contributed by atoms with E-state index >= 15 is 0 Å². The summed E-state index contributed by atoms with van der Waals surface area (Å²) in [7, 11) is 0. The van der Waals surface area contributed by atoms with Crippen LogP contribution in [0.2, 0.25) is 0 Å². The van der Waals surface area contributed by atoms with Crippen LogP contribution < -0.4 is 10.6 Å². The molecule has 6 nitrogen and oxygen atoms in total. The zero-order valence-corrected chi connectivity index (χ0v) is 13.3. The molecule has 6 heteroatoms. The number of nitrogens with one attached hydrogen (secondary N) is 2. The van der Waals surface area contributed by atoms with Crippen LogP contribution in [0.15, 0.2) is 24.3 Å². The van der Waals surface area contributed by atoms with Gasteiger partial charge < -0.3 is 25.2 Å². The number of carbonyl (C=O) groups is 1. The van der Waals surface area contributed by atoms with Crippen LogP contribution in [-0.4, -0.2) is 43.6 Å². The molecule has 0 fully saturated rings. The lowest BCUT2D eigenvalue weighted by Crippen LogP contribution is -2.29. The van der Waals surface area contributed by atoms with Gasteiger partial charge in [0.05, 0.1) is 25.9 Å². The minimum absolute atomic E-state index is 0.0631. The van der Waals surface area contributed by atoms with Crippen LogP contribution in [0.4, 0.5) is 10.5 Å². The van der Waals surface area contributed by atoms with Gasteiger partial charge in [-0.2, -0.15) is 0 Å². The summed E-state index contributed by atoms with van der Waals surface area (Å²) in [6.45, 7) is 6.07. The Morgan fingerprint density at radius 3 is 2.86 bits per heavy atom. The number of urea groups is 1. The molecule has 0 aliphatic heterocycles. The normalized spacial score (nSPS) is 10.7. The molecule has 124 valence electrons. The lowest BCUT2D eigenvalue weighted by molar-refractivity contribution is 0.0143. The fourth-order valence-corrected chi connectivity index (χ4v) is 1.73. The third-order valence-electron chi connectivity index (χ3n) is 2.75. The molecular weight excluding hydrogens is 284 g/mol. The lowest BCUT2D eigenvalue weighted by atomic mass is 10.2. The summed E-state index contributed by atoms with van der Waals surface area (Å²) < 4.78 is 10.9. The van der Waals surface area contributed by atoms with Gasteiger partial charge in [-0.25, -0.2) is 4.79 Å². The SMILES string of the molecule is CC(C)OCCOCc1cccc(NC(=O)NCCCO)c1. The molecule has 0 radical (unpaired) electrons. The highest BCUT2D eigenvalue weighted by Crippen LogP contribution is 2.11. The van der Waals surface area contributed by atoms with Gasteiger partial charge in [-0.3, -0.25) is 0 Å². The zero-order chi connectivity index (χ0) is 16.2. The van der Waals surface area contributed by atoms with Gasteiger partial charge in [-0.05, 0) is 38.0 Å². The van der Waals surface area contributed by atoms with Crippen LogP contribution in [0.3, 0.4) is 0 Å². The average molecular weight is 310 g/mol. The van der Waals surface area contributed by atoms with Crippen molar-refractivity contribution in [2.24, 2.45) is 0 Å². The van der Waals surface area contributed by atoms with Gasteiger partial charge >= 0.3 is 6.03 Å². The Morgan fingerprint density at radius 2 is 2.14 bits per heavy atom. The molecule has 0 spiro atoms. The van der Waals surface area contributed by atoms with Gasteiger partial charge in [-0.1, -0.05) is 12.1 Å². The van der Waals surface area contributed by atoms with Crippen LogP contribution in [0.5, 0.6) is 0 Å². The maximum absolute atomic E-state index is 11.6. The lowest BCUT2D eigenvalue weighted by Gasteiger charge is -2.10. The molecule has 0 heterocycles. The summed E-state index contributed by atoms with van der Waals surface area (Å²) in [5.74, 6) is 0. The first-order valence-corrected chi connectivity index (χ1v) is 7.56. The highest BCUT2D eigenvalue weighted by atomic mass is 16.5. The Hall–Kier alpha value is -1.63. The van der Waals surface area contributed by atoms with E-state index in [0.29, 0.717) is 38.5 Å². The second-order valence-electron chi connectivity index (χ2n) is 5.13. The highest BCUT2D eigenvalue weighted by Gasteiger charge is 2.02. The molecule has 0 aromatic heterocycles. The smallest absolute Gasteiger partial charge is 0.319 e. The van der Waals surface area contributed by atoms with Gasteiger partial charge in [0.1, 0.15) is 0 Å². The van der Waals surface area contributed by atoms with E-state index in [4.69, 9.17) is 14.6 Å². The molecule has 0 saturated heterocycles. The number of ether oxygens (including phenoxy) is 2. The third kappa shape index (κ3) is 8.61. The van der Waals surface area contributed by atoms with Crippen molar-refractivity contribution in [1.29, 1.82) is 0 Å². The van der Waals surface area contributed by atoms with E-state index < -0.39 is 0 Å². The number of benzene rings is 1. The van der Waals surface area contributed by atoms with Gasteiger partial charge in [0, 0.05) is 18.8 Å². The predicted octanol–water partition coefficient (Wildman–Crippen LogP) is 2.13. The molecule has 0 saturated carbocycles. The molecule has 0 atom stereocenters. The zero-order valence-electron chi connectivity index (χ0n) is 13.3. The molecule has 0 bridgehead atoms. The van der Waals surface area contributed by atoms with Gasteiger partial charge in [0.15, 0.2) is 0 Å². The highest BCUT2D eigenvalue weighted by molar-refractivity contribution is 5.89. The van der Waals surface area contributed by atoms with Crippen LogP contribution >= 0.6 is 0 Å². The van der Waals surface area contributed by atoms with Crippen LogP contribution in [0.25, 0.3) is 0 Å². The van der Waals surface area contributed by atoms with Crippen molar-refractivity contribution in [3.05, 3.63) is 29.8 Å². The second-order valence-corrected chi connectivity index (χ2v) is 5.13. The molecule has 0 aliphatic rings. The Morgan fingerprint density at radius 1 is 1.32 bits per heavy atom. The van der Waals surface area contributed by atoms with Crippen molar-refractivity contribution >= 4 is 11.7 Å². The van der Waals surface area contributed by atoms with Crippen LogP contribution in [-0.2, 0) is 16.1 Å². The van der Waals surface area contributed by atoms with Gasteiger partial charge in [-0.15, -0.1) is 0 Å². The summed E-state index contributed by atoms with van der Waals surface area (Å²) in [5, 5.41) is 14.1. The molecule has 0 aliphatic carbocycles. The Bertz CT molecular complexity index is 438. The second kappa shape index (κ2) is 11.0. The largest absolute Gasteiger partial charge is 0.396 e. The van der Waals surface area contributed by atoms with Crippen molar-refractivity contribution in [2.75, 3.05) is 31.7 Å². The number of aliphatic hydroxyl groups is 1. The Labute approximate surface area is 131 Å². The standard InChI is InChI=1S/C16H26N2O4/c1-13(2)22-10-9-21-12-14-5-3-6-15(11-14)18-16(20)17-7-4-8-19/h3,5-6,11,13,19H,4,7-10,12H2,1-2H3,(H2,17,18,20). The summed E-state index contributed by atoms with van der Waals surface area (Å²) >= 11 is 0. The molecule has 2 amide bonds. The van der Waals surface area contributed by atoms with E-state index in [2.05, 4.69) is 10.6 Å². The number of carbonyl (C=O) groups excluding carboxylic acids is 1. The summed E-state index contributed by atoms with van der Waals surface area (Å²) in [6.07, 6.45) is 0.750. The quantitative estimate of drug-likeness (QED) is 0.578. The van der Waals surface area contributed by atoms with Crippen LogP contribution in [0.1, 0.15) is 25.8 Å². The molecule has 1 aromatic carbocycles. The number of hydrogen-bond donors (Lipinski definition) is 3. The maximum atomic E-state index is 11.6. The molecule has 1 aromatic rings. The van der Waals surface area contributed by atoms with Crippen molar-refractivity contribution in [3.8, 4) is 0 Å². The van der Waals surface area contributed by atoms with E-state index in [9.17, 15) is 4.79 Å². The minimum atomic E-state index is -0.281. The van der Waals surface area contributed by atoms with Crippen molar-refractivity contribution in [2.45, 2.75) is 33.0 Å². The maximum Gasteiger partial charge on any atom is 0.319 e. The summed E-state index contributed by atoms with van der Waals surface area (Å²) in [5.41, 5.74) is 1.69. The van der Waals surface area contributed by atoms with E-state index in [1.54, 1.807) is 0 Å². The molecule has 3 N–H and O–H groups in total. The monoisotopic (exact) mass is 310 g/mol. The number of rotatable bonds is 10. The van der Waals surface area contributed by atoms with Crippen molar-refractivity contribution < 1.29 is 19.4 Å². The number of amides is 2. The fourth-order valence-electron chi connectivity index (χ4n) is 1.73. The van der Waals surface area contributed by atoms with Crippen molar-refractivity contribution in [1.82, 2.24) is 5.32 Å². The van der Waals surface area contributed by atoms with Gasteiger partial charge in [0.25, 0.3) is 0 Å². The average Bonchev–Trinajstić information content (AvgIpc) is 2.47. The summed E-state index contributed by atoms with van der Waals surface area (Å²) in [4.78, 5) is 11.6. The van der Waals surface area contributed by atoms with Crippen LogP contribution in [0, 0.1) is 0 Å². The number of anilines is 1. The third-order valence-corrected chi connectivity index (χ3v) is 2.75. The number of aliphatic hydroxyl groups excluding tert-OH is 1. The number of hydrogen-bond acceptors (Lipinski definition) is 4. The first-order valence-electron chi connectivity index (χ1n) is 7.56. The van der Waals surface area contributed by atoms with E-state index in [-0.39, 0.29) is 18.7 Å². The predicted molar refractivity (Wildman–Crippen MR) is 85.9 cm³/mol.